The number of Topliss-reactive ketones (excluding diaryl/α,β-unsaturated/α-hetero) is 1. The molecule has 0 aliphatic carbocycles. The summed E-state index contributed by atoms with van der Waals surface area (Å²) in [4.78, 5) is 26.7. The average molecular weight is 545 g/mol. The van der Waals surface area contributed by atoms with E-state index < -0.39 is 5.82 Å². The molecule has 10 heteroatoms. The number of nitrogens with one attached hydrogen (secondary N) is 1. The van der Waals surface area contributed by atoms with Crippen LogP contribution in [0.15, 0.2) is 18.2 Å². The number of benzene rings is 2. The molecule has 0 unspecified atom stereocenters. The maximum atomic E-state index is 15.1. The molecule has 2 aromatic carbocycles. The molecule has 0 atom stereocenters. The number of hydrogen-bond acceptors (Lipinski definition) is 8. The van der Waals surface area contributed by atoms with Crippen LogP contribution >= 0.6 is 0 Å². The van der Waals surface area contributed by atoms with Gasteiger partial charge in [0.25, 0.3) is 0 Å². The Labute approximate surface area is 228 Å². The first-order chi connectivity index (χ1) is 18.5. The number of amidine groups is 1. The van der Waals surface area contributed by atoms with E-state index in [-0.39, 0.29) is 66.2 Å². The lowest BCUT2D eigenvalue weighted by Gasteiger charge is -2.25. The van der Waals surface area contributed by atoms with Gasteiger partial charge in [0.1, 0.15) is 5.84 Å². The van der Waals surface area contributed by atoms with Gasteiger partial charge < -0.3 is 28.6 Å². The SMILES string of the molecule is CCOC(=O)CCCOc1cc(C(=O)CN2Cc3cc(OC)c(OC)c(F)c3C2=N)cc(C(C)(C)C)c1OC. The van der Waals surface area contributed by atoms with E-state index in [1.54, 1.807) is 25.1 Å². The summed E-state index contributed by atoms with van der Waals surface area (Å²) in [6.07, 6.45) is 0.650. The van der Waals surface area contributed by atoms with Gasteiger partial charge in [0, 0.05) is 24.1 Å². The highest BCUT2D eigenvalue weighted by Crippen LogP contribution is 2.41. The second kappa shape index (κ2) is 12.4. The Morgan fingerprint density at radius 3 is 2.31 bits per heavy atom. The molecule has 2 aromatic rings. The smallest absolute Gasteiger partial charge is 0.305 e. The van der Waals surface area contributed by atoms with Crippen LogP contribution in [0.3, 0.4) is 0 Å². The Hall–Kier alpha value is -3.82. The Kier molecular flexibility index (Phi) is 9.42. The summed E-state index contributed by atoms with van der Waals surface area (Å²) in [5.41, 5.74) is 1.41. The number of esters is 1. The van der Waals surface area contributed by atoms with Gasteiger partial charge in [-0.05, 0) is 42.5 Å². The van der Waals surface area contributed by atoms with Crippen LogP contribution in [0.2, 0.25) is 0 Å². The van der Waals surface area contributed by atoms with Crippen molar-refractivity contribution in [3.05, 3.63) is 46.3 Å². The van der Waals surface area contributed by atoms with Crippen molar-refractivity contribution in [1.29, 1.82) is 5.41 Å². The van der Waals surface area contributed by atoms with Crippen molar-refractivity contribution in [2.75, 3.05) is 41.1 Å². The van der Waals surface area contributed by atoms with Crippen LogP contribution in [0.4, 0.5) is 4.39 Å². The third-order valence-electron chi connectivity index (χ3n) is 6.42. The minimum atomic E-state index is -0.690. The van der Waals surface area contributed by atoms with Gasteiger partial charge in [-0.25, -0.2) is 4.39 Å². The number of nitrogens with zero attached hydrogens (tertiary/aromatic N) is 1. The average Bonchev–Trinajstić information content (AvgIpc) is 3.20. The summed E-state index contributed by atoms with van der Waals surface area (Å²) in [5, 5.41) is 8.56. The van der Waals surface area contributed by atoms with E-state index in [0.29, 0.717) is 35.7 Å². The van der Waals surface area contributed by atoms with Crippen LogP contribution in [0.25, 0.3) is 0 Å². The molecular formula is C29H37FN2O7. The Morgan fingerprint density at radius 2 is 1.72 bits per heavy atom. The second-order valence-electron chi connectivity index (χ2n) is 10.2. The van der Waals surface area contributed by atoms with Gasteiger partial charge in [0.2, 0.25) is 0 Å². The summed E-state index contributed by atoms with van der Waals surface area (Å²) in [7, 11) is 4.29. The molecule has 1 heterocycles. The first kappa shape index (κ1) is 29.7. The van der Waals surface area contributed by atoms with Gasteiger partial charge in [-0.3, -0.25) is 15.0 Å². The van der Waals surface area contributed by atoms with Crippen LogP contribution in [-0.4, -0.2) is 63.6 Å². The summed E-state index contributed by atoms with van der Waals surface area (Å²) in [6, 6.07) is 5.01. The summed E-state index contributed by atoms with van der Waals surface area (Å²) in [6.45, 7) is 8.33. The Balaban J connectivity index is 1.86. The van der Waals surface area contributed by atoms with Crippen molar-refractivity contribution in [2.45, 2.75) is 52.5 Å². The third kappa shape index (κ3) is 6.43. The van der Waals surface area contributed by atoms with Crippen molar-refractivity contribution in [3.63, 3.8) is 0 Å². The van der Waals surface area contributed by atoms with E-state index in [2.05, 4.69) is 0 Å². The highest BCUT2D eigenvalue weighted by atomic mass is 19.1. The van der Waals surface area contributed by atoms with Gasteiger partial charge >= 0.3 is 5.97 Å². The normalized spacial score (nSPS) is 12.7. The fourth-order valence-electron chi connectivity index (χ4n) is 4.49. The molecule has 0 radical (unpaired) electrons. The van der Waals surface area contributed by atoms with Crippen molar-refractivity contribution < 1.29 is 37.7 Å². The fourth-order valence-corrected chi connectivity index (χ4v) is 4.49. The highest BCUT2D eigenvalue weighted by molar-refractivity contribution is 6.06. The van der Waals surface area contributed by atoms with Crippen LogP contribution in [0.1, 0.15) is 67.6 Å². The number of halogens is 1. The number of fused-ring (bicyclic) bond motifs is 1. The van der Waals surface area contributed by atoms with E-state index in [1.165, 1.54) is 26.2 Å². The number of ether oxygens (including phenoxy) is 5. The number of hydrogen-bond donors (Lipinski definition) is 1. The molecule has 0 fully saturated rings. The quantitative estimate of drug-likeness (QED) is 0.229. The largest absolute Gasteiger partial charge is 0.493 e. The van der Waals surface area contributed by atoms with Gasteiger partial charge in [0.05, 0.1) is 46.7 Å². The first-order valence-corrected chi connectivity index (χ1v) is 12.8. The number of methoxy groups -OCH3 is 3. The van der Waals surface area contributed by atoms with Crippen molar-refractivity contribution in [3.8, 4) is 23.0 Å². The molecule has 0 spiro atoms. The summed E-state index contributed by atoms with van der Waals surface area (Å²) < 4.78 is 42.1. The molecule has 0 aromatic heterocycles. The molecule has 1 aliphatic rings. The van der Waals surface area contributed by atoms with Crippen LogP contribution in [0, 0.1) is 11.2 Å². The minimum absolute atomic E-state index is 0.0797. The van der Waals surface area contributed by atoms with Gasteiger partial charge in [-0.1, -0.05) is 20.8 Å². The highest BCUT2D eigenvalue weighted by Gasteiger charge is 2.33. The zero-order valence-electron chi connectivity index (χ0n) is 23.7. The fraction of sp³-hybridized carbons (Fsp3) is 0.483. The van der Waals surface area contributed by atoms with Crippen LogP contribution in [0.5, 0.6) is 23.0 Å². The predicted octanol–water partition coefficient (Wildman–Crippen LogP) is 4.89. The molecule has 9 nitrogen and oxygen atoms in total. The number of carbonyl (C=O) groups excluding carboxylic acids is 2. The van der Waals surface area contributed by atoms with Crippen molar-refractivity contribution >= 4 is 17.6 Å². The number of carbonyl (C=O) groups is 2. The molecule has 39 heavy (non-hydrogen) atoms. The summed E-state index contributed by atoms with van der Waals surface area (Å²) in [5.74, 6) is -0.311. The monoisotopic (exact) mass is 544 g/mol. The molecule has 212 valence electrons. The Morgan fingerprint density at radius 1 is 1.03 bits per heavy atom. The molecule has 0 saturated carbocycles. The lowest BCUT2D eigenvalue weighted by atomic mass is 9.84. The molecular weight excluding hydrogens is 507 g/mol. The second-order valence-corrected chi connectivity index (χ2v) is 10.2. The topological polar surface area (TPSA) is 107 Å². The van der Waals surface area contributed by atoms with Gasteiger partial charge in [-0.15, -0.1) is 0 Å². The standard InChI is InChI=1S/C29H37FN2O7/c1-8-38-23(34)10-9-11-39-22-13-17(12-19(26(22)36-6)29(2,3)4)20(33)16-32-15-18-14-21(35-5)27(37-7)25(30)24(18)28(32)31/h12-14,31H,8-11,15-16H2,1-7H3. The number of rotatable bonds is 12. The lowest BCUT2D eigenvalue weighted by Crippen LogP contribution is -2.30. The third-order valence-corrected chi connectivity index (χ3v) is 6.42. The molecule has 3 rings (SSSR count). The molecule has 0 bridgehead atoms. The predicted molar refractivity (Wildman–Crippen MR) is 144 cm³/mol. The first-order valence-electron chi connectivity index (χ1n) is 12.8. The minimum Gasteiger partial charge on any atom is -0.493 e. The maximum absolute atomic E-state index is 15.1. The van der Waals surface area contributed by atoms with E-state index >= 15 is 4.39 Å². The van der Waals surface area contributed by atoms with E-state index in [1.807, 2.05) is 20.8 Å². The number of ketones is 1. The zero-order chi connectivity index (χ0) is 28.9. The van der Waals surface area contributed by atoms with Crippen molar-refractivity contribution in [2.24, 2.45) is 0 Å². The van der Waals surface area contributed by atoms with Crippen LogP contribution < -0.4 is 18.9 Å². The summed E-state index contributed by atoms with van der Waals surface area (Å²) >= 11 is 0. The molecule has 0 amide bonds. The molecule has 1 N–H and O–H groups in total. The van der Waals surface area contributed by atoms with E-state index in [4.69, 9.17) is 29.1 Å². The lowest BCUT2D eigenvalue weighted by molar-refractivity contribution is -0.143. The van der Waals surface area contributed by atoms with E-state index in [9.17, 15) is 9.59 Å². The molecule has 1 aliphatic heterocycles. The van der Waals surface area contributed by atoms with Gasteiger partial charge in [0.15, 0.2) is 34.6 Å². The molecule has 0 saturated heterocycles. The van der Waals surface area contributed by atoms with Crippen molar-refractivity contribution in [1.82, 2.24) is 4.90 Å². The van der Waals surface area contributed by atoms with Gasteiger partial charge in [-0.2, -0.15) is 0 Å². The van der Waals surface area contributed by atoms with E-state index in [0.717, 1.165) is 5.56 Å². The maximum Gasteiger partial charge on any atom is 0.305 e. The van der Waals surface area contributed by atoms with Crippen LogP contribution in [-0.2, 0) is 21.5 Å². The zero-order valence-corrected chi connectivity index (χ0v) is 23.7. The Bertz CT molecular complexity index is 1250.